The Morgan fingerprint density at radius 1 is 1.24 bits per heavy atom. The molecule has 1 rings (SSSR count). The summed E-state index contributed by atoms with van der Waals surface area (Å²) < 4.78 is 35.0. The van der Waals surface area contributed by atoms with Gasteiger partial charge in [-0.05, 0) is 12.1 Å². The maximum absolute atomic E-state index is 12.5. The number of carbonyl (C=O) groups excluding carboxylic acids is 3. The van der Waals surface area contributed by atoms with E-state index in [4.69, 9.17) is 9.29 Å². The first-order valence-electron chi connectivity index (χ1n) is 8.67. The fourth-order valence-corrected chi connectivity index (χ4v) is 2.47. The molecule has 29 heavy (non-hydrogen) atoms. The molecule has 1 heterocycles. The minimum absolute atomic E-state index is 0.112. The molecule has 0 radical (unpaired) electrons. The van der Waals surface area contributed by atoms with E-state index in [0.29, 0.717) is 0 Å². The first-order valence-corrected chi connectivity index (χ1v) is 10.3. The molecule has 1 atom stereocenters. The molecule has 0 fully saturated rings. The number of aliphatic hydroxyl groups is 1. The molecule has 0 bridgehead atoms. The van der Waals surface area contributed by atoms with Crippen LogP contribution in [-0.2, 0) is 24.4 Å². The minimum atomic E-state index is -4.18. The second-order valence-corrected chi connectivity index (χ2v) is 8.42. The molecule has 1 aromatic heterocycles. The van der Waals surface area contributed by atoms with Gasteiger partial charge in [0, 0.05) is 37.3 Å². The van der Waals surface area contributed by atoms with Crippen molar-refractivity contribution in [3.8, 4) is 0 Å². The van der Waals surface area contributed by atoms with Crippen LogP contribution >= 0.6 is 0 Å². The molecule has 0 aromatic carbocycles. The number of aliphatic hydroxyl groups excluding tert-OH is 1. The Hall–Kier alpha value is -2.57. The molecule has 162 valence electrons. The number of nitrogens with zero attached hydrogens (tertiary/aromatic N) is 1. The van der Waals surface area contributed by atoms with Gasteiger partial charge in [-0.25, -0.2) is 4.79 Å². The third kappa shape index (κ3) is 8.98. The van der Waals surface area contributed by atoms with Gasteiger partial charge in [-0.15, -0.1) is 0 Å². The summed E-state index contributed by atoms with van der Waals surface area (Å²) in [6.07, 6.45) is 1.25. The second kappa shape index (κ2) is 10.8. The third-order valence-electron chi connectivity index (χ3n) is 3.81. The van der Waals surface area contributed by atoms with Crippen molar-refractivity contribution in [2.45, 2.75) is 26.4 Å². The van der Waals surface area contributed by atoms with E-state index in [1.54, 1.807) is 0 Å². The van der Waals surface area contributed by atoms with Crippen LogP contribution in [-0.4, -0.2) is 72.4 Å². The van der Waals surface area contributed by atoms with Crippen LogP contribution in [0.2, 0.25) is 0 Å². The number of esters is 1. The number of aromatic nitrogens is 1. The van der Waals surface area contributed by atoms with Crippen LogP contribution in [0.25, 0.3) is 0 Å². The molecule has 0 saturated carbocycles. The summed E-state index contributed by atoms with van der Waals surface area (Å²) in [7, 11) is -4.18. The Bertz CT molecular complexity index is 811. The molecule has 12 heteroatoms. The summed E-state index contributed by atoms with van der Waals surface area (Å²) in [4.78, 5) is 40.2. The molecule has 11 nitrogen and oxygen atoms in total. The number of ether oxygens (including phenoxy) is 1. The highest BCUT2D eigenvalue weighted by atomic mass is 32.2. The highest BCUT2D eigenvalue weighted by molar-refractivity contribution is 7.85. The van der Waals surface area contributed by atoms with Gasteiger partial charge >= 0.3 is 5.97 Å². The summed E-state index contributed by atoms with van der Waals surface area (Å²) in [5.41, 5.74) is -0.961. The van der Waals surface area contributed by atoms with Crippen molar-refractivity contribution < 1.29 is 37.2 Å². The first-order chi connectivity index (χ1) is 13.5. The van der Waals surface area contributed by atoms with E-state index in [-0.39, 0.29) is 25.1 Å². The van der Waals surface area contributed by atoms with E-state index in [1.807, 2.05) is 0 Å². The number of pyridine rings is 1. The summed E-state index contributed by atoms with van der Waals surface area (Å²) in [5, 5.41) is 14.3. The third-order valence-corrected chi connectivity index (χ3v) is 4.53. The maximum atomic E-state index is 12.5. The molecule has 0 aliphatic rings. The Morgan fingerprint density at radius 3 is 2.48 bits per heavy atom. The average molecular weight is 431 g/mol. The molecule has 4 N–H and O–H groups in total. The van der Waals surface area contributed by atoms with Crippen molar-refractivity contribution in [1.82, 2.24) is 15.6 Å². The lowest BCUT2D eigenvalue weighted by molar-refractivity contribution is -0.138. The zero-order chi connectivity index (χ0) is 22.1. The summed E-state index contributed by atoms with van der Waals surface area (Å²) in [6, 6.07) is 3.00. The zero-order valence-electron chi connectivity index (χ0n) is 16.1. The number of carbonyl (C=O) groups is 3. The topological polar surface area (TPSA) is 172 Å². The van der Waals surface area contributed by atoms with Crippen molar-refractivity contribution >= 4 is 27.9 Å². The van der Waals surface area contributed by atoms with E-state index in [1.165, 1.54) is 38.4 Å². The highest BCUT2D eigenvalue weighted by Crippen LogP contribution is 2.24. The maximum Gasteiger partial charge on any atom is 0.340 e. The number of amides is 2. The number of nitrogens with one attached hydrogen (secondary N) is 2. The average Bonchev–Trinajstić information content (AvgIpc) is 2.65. The summed E-state index contributed by atoms with van der Waals surface area (Å²) in [6.45, 7) is 2.25. The van der Waals surface area contributed by atoms with Gasteiger partial charge in [-0.3, -0.25) is 19.1 Å². The molecule has 1 aromatic rings. The Balaban J connectivity index is 2.62. The zero-order valence-corrected chi connectivity index (χ0v) is 16.9. The lowest BCUT2D eigenvalue weighted by Gasteiger charge is -2.30. The summed E-state index contributed by atoms with van der Waals surface area (Å²) in [5.74, 6) is -2.66. The fourth-order valence-electron chi connectivity index (χ4n) is 2.11. The van der Waals surface area contributed by atoms with Gasteiger partial charge in [-0.1, -0.05) is 13.8 Å². The molecular formula is C17H25N3O8S. The molecule has 0 spiro atoms. The van der Waals surface area contributed by atoms with Gasteiger partial charge in [0.2, 0.25) is 5.91 Å². The monoisotopic (exact) mass is 431 g/mol. The van der Waals surface area contributed by atoms with Crippen molar-refractivity contribution in [2.75, 3.05) is 25.4 Å². The summed E-state index contributed by atoms with van der Waals surface area (Å²) >= 11 is 0. The van der Waals surface area contributed by atoms with Crippen LogP contribution in [0.5, 0.6) is 0 Å². The van der Waals surface area contributed by atoms with Gasteiger partial charge in [0.15, 0.2) is 6.10 Å². The minimum Gasteiger partial charge on any atom is -0.448 e. The van der Waals surface area contributed by atoms with Crippen molar-refractivity contribution in [2.24, 2.45) is 5.41 Å². The van der Waals surface area contributed by atoms with Gasteiger partial charge in [-0.2, -0.15) is 8.42 Å². The molecule has 0 saturated heterocycles. The Labute approximate surface area is 168 Å². The second-order valence-electron chi connectivity index (χ2n) is 6.85. The lowest BCUT2D eigenvalue weighted by atomic mass is 9.86. The number of hydrogen-bond acceptors (Lipinski definition) is 8. The number of hydrogen-bond donors (Lipinski definition) is 4. The van der Waals surface area contributed by atoms with Crippen LogP contribution < -0.4 is 10.6 Å². The Morgan fingerprint density at radius 2 is 1.93 bits per heavy atom. The normalized spacial score (nSPS) is 12.7. The van der Waals surface area contributed by atoms with Gasteiger partial charge in [0.1, 0.15) is 0 Å². The van der Waals surface area contributed by atoms with Crippen molar-refractivity contribution in [1.29, 1.82) is 0 Å². The van der Waals surface area contributed by atoms with Crippen LogP contribution in [0.1, 0.15) is 30.6 Å². The van der Waals surface area contributed by atoms with Gasteiger partial charge in [0.05, 0.1) is 17.9 Å². The largest absolute Gasteiger partial charge is 0.448 e. The van der Waals surface area contributed by atoms with E-state index >= 15 is 0 Å². The van der Waals surface area contributed by atoms with Gasteiger partial charge in [0.25, 0.3) is 16.0 Å². The SMILES string of the molecule is CC(C)(CO)[C@@H](OC(=O)c1cccnc1)C(=O)NCCC(=O)NCCS(=O)(=O)O. The van der Waals surface area contributed by atoms with E-state index < -0.39 is 51.8 Å². The van der Waals surface area contributed by atoms with Crippen molar-refractivity contribution in [3.05, 3.63) is 30.1 Å². The smallest absolute Gasteiger partial charge is 0.340 e. The first kappa shape index (κ1) is 24.5. The van der Waals surface area contributed by atoms with Crippen LogP contribution in [0.3, 0.4) is 0 Å². The lowest BCUT2D eigenvalue weighted by Crippen LogP contribution is -2.48. The highest BCUT2D eigenvalue weighted by Gasteiger charge is 2.38. The fraction of sp³-hybridized carbons (Fsp3) is 0.529. The molecule has 2 amide bonds. The predicted molar refractivity (Wildman–Crippen MR) is 101 cm³/mol. The molecule has 0 aliphatic heterocycles. The van der Waals surface area contributed by atoms with Crippen molar-refractivity contribution in [3.63, 3.8) is 0 Å². The van der Waals surface area contributed by atoms with Crippen LogP contribution in [0, 0.1) is 5.41 Å². The molecule has 0 aliphatic carbocycles. The van der Waals surface area contributed by atoms with E-state index in [0.717, 1.165) is 0 Å². The Kier molecular flexibility index (Phi) is 9.14. The quantitative estimate of drug-likeness (QED) is 0.257. The van der Waals surface area contributed by atoms with E-state index in [2.05, 4.69) is 15.6 Å². The predicted octanol–water partition coefficient (Wildman–Crippen LogP) is -0.864. The van der Waals surface area contributed by atoms with Crippen LogP contribution in [0.4, 0.5) is 0 Å². The standard InChI is InChI=1S/C17H25N3O8S/c1-17(2,11-21)14(28-16(24)12-4-3-6-18-10-12)15(23)20-7-5-13(22)19-8-9-29(25,26)27/h3-4,6,10,14,21H,5,7-9,11H2,1-2H3,(H,19,22)(H,20,23)(H,25,26,27)/t14-/m0/s1. The van der Waals surface area contributed by atoms with Crippen LogP contribution in [0.15, 0.2) is 24.5 Å². The molecular weight excluding hydrogens is 406 g/mol. The molecule has 0 unspecified atom stereocenters. The van der Waals surface area contributed by atoms with E-state index in [9.17, 15) is 27.9 Å². The van der Waals surface area contributed by atoms with Gasteiger partial charge < -0.3 is 20.5 Å². The number of rotatable bonds is 11.